The van der Waals surface area contributed by atoms with E-state index in [0.717, 1.165) is 58.3 Å². The van der Waals surface area contributed by atoms with E-state index >= 15 is 0 Å². The summed E-state index contributed by atoms with van der Waals surface area (Å²) in [6, 6.07) is 0. The summed E-state index contributed by atoms with van der Waals surface area (Å²) < 4.78 is 5.38. The van der Waals surface area contributed by atoms with E-state index in [1.807, 2.05) is 11.9 Å². The van der Waals surface area contributed by atoms with Crippen LogP contribution in [-0.4, -0.2) is 42.6 Å². The van der Waals surface area contributed by atoms with Gasteiger partial charge in [0, 0.05) is 26.8 Å². The molecule has 122 valence electrons. The highest BCUT2D eigenvalue weighted by atomic mass is 32.1. The van der Waals surface area contributed by atoms with Crippen LogP contribution in [0.3, 0.4) is 0 Å². The van der Waals surface area contributed by atoms with Crippen molar-refractivity contribution in [2.45, 2.75) is 52.4 Å². The molecule has 5 heteroatoms. The van der Waals surface area contributed by atoms with Crippen molar-refractivity contribution in [1.82, 2.24) is 4.90 Å². The second kappa shape index (κ2) is 8.69. The largest absolute Gasteiger partial charge is 0.392 e. The van der Waals surface area contributed by atoms with Gasteiger partial charge in [0.15, 0.2) is 0 Å². The Morgan fingerprint density at radius 2 is 1.81 bits per heavy atom. The number of hydrogen-bond acceptors (Lipinski definition) is 3. The maximum Gasteiger partial charge on any atom is 0.235 e. The summed E-state index contributed by atoms with van der Waals surface area (Å²) in [5.74, 6) is 0.630. The molecule has 1 saturated heterocycles. The number of amides is 1. The Morgan fingerprint density at radius 3 is 2.24 bits per heavy atom. The van der Waals surface area contributed by atoms with E-state index in [9.17, 15) is 4.79 Å². The Balaban J connectivity index is 2.79. The van der Waals surface area contributed by atoms with Crippen LogP contribution in [0, 0.1) is 11.3 Å². The normalized spacial score (nSPS) is 16.7. The Bertz CT molecular complexity index is 348. The number of nitrogens with two attached hydrogens (primary N) is 1. The first-order valence-electron chi connectivity index (χ1n) is 8.11. The van der Waals surface area contributed by atoms with E-state index < -0.39 is 5.41 Å². The zero-order valence-electron chi connectivity index (χ0n) is 13.7. The number of carbonyl (C=O) groups is 1. The molecule has 0 aromatic carbocycles. The Hall–Kier alpha value is -0.680. The average molecular weight is 314 g/mol. The van der Waals surface area contributed by atoms with Crippen molar-refractivity contribution in [2.24, 2.45) is 17.1 Å². The first kappa shape index (κ1) is 18.4. The maximum absolute atomic E-state index is 13.0. The van der Waals surface area contributed by atoms with Crippen molar-refractivity contribution in [3.8, 4) is 0 Å². The molecular weight excluding hydrogens is 284 g/mol. The minimum Gasteiger partial charge on any atom is -0.392 e. The number of thiocarbonyl (C=S) groups is 1. The van der Waals surface area contributed by atoms with Crippen molar-refractivity contribution >= 4 is 23.1 Å². The van der Waals surface area contributed by atoms with Crippen LogP contribution in [0.1, 0.15) is 52.4 Å². The van der Waals surface area contributed by atoms with E-state index in [2.05, 4.69) is 13.8 Å². The highest BCUT2D eigenvalue weighted by Crippen LogP contribution is 2.33. The number of hydrogen-bond donors (Lipinski definition) is 1. The van der Waals surface area contributed by atoms with E-state index in [1.54, 1.807) is 0 Å². The van der Waals surface area contributed by atoms with Gasteiger partial charge in [-0.25, -0.2) is 0 Å². The van der Waals surface area contributed by atoms with Crippen LogP contribution in [0.15, 0.2) is 0 Å². The lowest BCUT2D eigenvalue weighted by atomic mass is 9.77. The van der Waals surface area contributed by atoms with E-state index in [0.29, 0.717) is 10.9 Å². The van der Waals surface area contributed by atoms with Crippen LogP contribution in [-0.2, 0) is 9.53 Å². The maximum atomic E-state index is 13.0. The van der Waals surface area contributed by atoms with Gasteiger partial charge in [0.1, 0.15) is 0 Å². The molecule has 0 unspecified atom stereocenters. The van der Waals surface area contributed by atoms with Crippen LogP contribution in [0.25, 0.3) is 0 Å². The third kappa shape index (κ3) is 4.65. The van der Waals surface area contributed by atoms with Gasteiger partial charge in [0.25, 0.3) is 0 Å². The Labute approximate surface area is 134 Å². The second-order valence-electron chi connectivity index (χ2n) is 6.19. The molecule has 0 aliphatic carbocycles. The van der Waals surface area contributed by atoms with Gasteiger partial charge < -0.3 is 15.4 Å². The predicted molar refractivity (Wildman–Crippen MR) is 90.2 cm³/mol. The first-order chi connectivity index (χ1) is 9.97. The van der Waals surface area contributed by atoms with Crippen LogP contribution in [0.2, 0.25) is 0 Å². The van der Waals surface area contributed by atoms with Crippen molar-refractivity contribution in [2.75, 3.05) is 26.8 Å². The highest BCUT2D eigenvalue weighted by molar-refractivity contribution is 7.80. The summed E-state index contributed by atoms with van der Waals surface area (Å²) in [5, 5.41) is 0. The van der Waals surface area contributed by atoms with E-state index in [-0.39, 0.29) is 5.91 Å². The zero-order chi connectivity index (χ0) is 15.9. The molecule has 21 heavy (non-hydrogen) atoms. The first-order valence-corrected chi connectivity index (χ1v) is 8.52. The van der Waals surface area contributed by atoms with Crippen LogP contribution in [0.5, 0.6) is 0 Å². The molecule has 0 spiro atoms. The average Bonchev–Trinajstić information content (AvgIpc) is 2.46. The quantitative estimate of drug-likeness (QED) is 0.700. The van der Waals surface area contributed by atoms with Crippen LogP contribution < -0.4 is 5.73 Å². The van der Waals surface area contributed by atoms with Crippen molar-refractivity contribution in [3.63, 3.8) is 0 Å². The highest BCUT2D eigenvalue weighted by Gasteiger charge is 2.41. The fourth-order valence-corrected chi connectivity index (χ4v) is 3.60. The second-order valence-corrected chi connectivity index (χ2v) is 6.63. The lowest BCUT2D eigenvalue weighted by Gasteiger charge is -2.36. The molecule has 1 fully saturated rings. The molecule has 0 aromatic rings. The molecule has 1 heterocycles. The predicted octanol–water partition coefficient (Wildman–Crippen LogP) is 2.74. The third-order valence-electron chi connectivity index (χ3n) is 4.45. The molecule has 0 atom stereocenters. The van der Waals surface area contributed by atoms with Gasteiger partial charge in [-0.05, 0) is 31.6 Å². The number of carbonyl (C=O) groups excluding carboxylic acids is 1. The zero-order valence-corrected chi connectivity index (χ0v) is 14.5. The molecule has 1 rings (SSSR count). The van der Waals surface area contributed by atoms with Gasteiger partial charge >= 0.3 is 0 Å². The molecule has 2 N–H and O–H groups in total. The third-order valence-corrected chi connectivity index (χ3v) is 4.84. The fraction of sp³-hybridized carbons (Fsp3) is 0.875. The monoisotopic (exact) mass is 314 g/mol. The Morgan fingerprint density at radius 1 is 1.29 bits per heavy atom. The molecule has 0 radical (unpaired) electrons. The van der Waals surface area contributed by atoms with Crippen molar-refractivity contribution in [1.29, 1.82) is 0 Å². The van der Waals surface area contributed by atoms with Crippen molar-refractivity contribution < 1.29 is 9.53 Å². The molecule has 1 aliphatic rings. The van der Waals surface area contributed by atoms with Crippen LogP contribution in [0.4, 0.5) is 0 Å². The summed E-state index contributed by atoms with van der Waals surface area (Å²) in [5.41, 5.74) is 5.33. The number of ether oxygens (including phenoxy) is 1. The number of nitrogens with zero attached hydrogens (tertiary/aromatic N) is 1. The van der Waals surface area contributed by atoms with Gasteiger partial charge in [0.2, 0.25) is 5.91 Å². The lowest BCUT2D eigenvalue weighted by Crippen LogP contribution is -2.50. The molecule has 1 aliphatic heterocycles. The molecule has 0 aromatic heterocycles. The van der Waals surface area contributed by atoms with Gasteiger partial charge in [-0.1, -0.05) is 38.9 Å². The van der Waals surface area contributed by atoms with Crippen LogP contribution >= 0.6 is 12.2 Å². The molecule has 0 saturated carbocycles. The fourth-order valence-electron chi connectivity index (χ4n) is 3.31. The smallest absolute Gasteiger partial charge is 0.235 e. The summed E-state index contributed by atoms with van der Waals surface area (Å²) in [6.07, 6.45) is 5.36. The molecule has 4 nitrogen and oxygen atoms in total. The Kier molecular flexibility index (Phi) is 7.60. The van der Waals surface area contributed by atoms with Gasteiger partial charge in [-0.3, -0.25) is 4.79 Å². The number of rotatable bonds is 8. The topological polar surface area (TPSA) is 55.6 Å². The summed E-state index contributed by atoms with van der Waals surface area (Å²) in [4.78, 5) is 15.2. The van der Waals surface area contributed by atoms with Gasteiger partial charge in [0.05, 0.1) is 10.4 Å². The minimum atomic E-state index is -0.654. The SMILES string of the molecule is CCCC(CCC)(C(=O)N(C)CC1CCOCC1)C(N)=S. The minimum absolute atomic E-state index is 0.102. The van der Waals surface area contributed by atoms with Gasteiger partial charge in [-0.2, -0.15) is 0 Å². The molecule has 0 bridgehead atoms. The van der Waals surface area contributed by atoms with E-state index in [4.69, 9.17) is 22.7 Å². The standard InChI is InChI=1S/C16H30N2O2S/c1-4-8-16(9-5-2,14(17)21)15(19)18(3)12-13-6-10-20-11-7-13/h13H,4-12H2,1-3H3,(H2,17,21). The van der Waals surface area contributed by atoms with E-state index in [1.165, 1.54) is 0 Å². The lowest BCUT2D eigenvalue weighted by molar-refractivity contribution is -0.138. The molecular formula is C16H30N2O2S. The van der Waals surface area contributed by atoms with Crippen molar-refractivity contribution in [3.05, 3.63) is 0 Å². The molecule has 1 amide bonds. The summed E-state index contributed by atoms with van der Waals surface area (Å²) in [7, 11) is 1.89. The summed E-state index contributed by atoms with van der Waals surface area (Å²) >= 11 is 5.27. The summed E-state index contributed by atoms with van der Waals surface area (Å²) in [6.45, 7) is 6.54. The van der Waals surface area contributed by atoms with Gasteiger partial charge in [-0.15, -0.1) is 0 Å².